The minimum absolute atomic E-state index is 0.100. The van der Waals surface area contributed by atoms with Crippen molar-refractivity contribution in [3.8, 4) is 23.7 Å². The Kier molecular flexibility index (Phi) is 7.57. The predicted molar refractivity (Wildman–Crippen MR) is 148 cm³/mol. The fourth-order valence-electron chi connectivity index (χ4n) is 4.68. The molecular weight excluding hydrogens is 518 g/mol. The summed E-state index contributed by atoms with van der Waals surface area (Å²) >= 11 is 0. The zero-order valence-electron chi connectivity index (χ0n) is 21.9. The second-order valence-electron chi connectivity index (χ2n) is 10.7. The molecule has 12 heteroatoms. The molecule has 5 rings (SSSR count). The van der Waals surface area contributed by atoms with Gasteiger partial charge in [0.1, 0.15) is 11.6 Å². The Morgan fingerprint density at radius 3 is 2.69 bits per heavy atom. The van der Waals surface area contributed by atoms with E-state index in [4.69, 9.17) is 6.42 Å². The van der Waals surface area contributed by atoms with E-state index in [0.29, 0.717) is 42.3 Å². The van der Waals surface area contributed by atoms with Gasteiger partial charge in [-0.2, -0.15) is 9.19 Å². The Labute approximate surface area is 228 Å². The molecule has 2 fully saturated rings. The van der Waals surface area contributed by atoms with Gasteiger partial charge in [0, 0.05) is 56.7 Å². The fraction of sp³-hybridized carbons (Fsp3) is 0.481. The molecule has 3 aromatic heterocycles. The van der Waals surface area contributed by atoms with Crippen molar-refractivity contribution in [2.24, 2.45) is 5.41 Å². The topological polar surface area (TPSA) is 146 Å². The Bertz CT molecular complexity index is 1470. The number of pyridine rings is 1. The number of rotatable bonds is 10. The van der Waals surface area contributed by atoms with Crippen LogP contribution in [0.15, 0.2) is 36.9 Å². The second kappa shape index (κ2) is 10.9. The number of hydrogen-bond donors (Lipinski definition) is 3. The van der Waals surface area contributed by atoms with Crippen molar-refractivity contribution in [1.29, 1.82) is 0 Å². The van der Waals surface area contributed by atoms with E-state index < -0.39 is 16.1 Å². The molecule has 0 aromatic carbocycles. The third-order valence-electron chi connectivity index (χ3n) is 7.40. The van der Waals surface area contributed by atoms with Gasteiger partial charge in [0.2, 0.25) is 0 Å². The van der Waals surface area contributed by atoms with Crippen LogP contribution in [0.3, 0.4) is 0 Å². The molecule has 1 unspecified atom stereocenters. The number of piperidine rings is 1. The molecule has 0 amide bonds. The van der Waals surface area contributed by atoms with Crippen molar-refractivity contribution in [2.45, 2.75) is 56.8 Å². The molecule has 3 N–H and O–H groups in total. The molecule has 0 bridgehead atoms. The SMILES string of the molecule is C#CCC(O)Cc1cnc(Nc2ccnc(-c3cnn(S(=O)(=O)C4CC4)c3)n2)cc1N1CCC(C)(CO)CC1. The highest BCUT2D eigenvalue weighted by Crippen LogP contribution is 2.35. The van der Waals surface area contributed by atoms with Gasteiger partial charge in [0.25, 0.3) is 10.0 Å². The van der Waals surface area contributed by atoms with Crippen molar-refractivity contribution < 1.29 is 18.6 Å². The van der Waals surface area contributed by atoms with Crippen molar-refractivity contribution in [3.05, 3.63) is 42.5 Å². The van der Waals surface area contributed by atoms with Gasteiger partial charge in [0.05, 0.1) is 29.3 Å². The quantitative estimate of drug-likeness (QED) is 0.321. The molecule has 1 atom stereocenters. The number of hydrogen-bond acceptors (Lipinski definition) is 10. The van der Waals surface area contributed by atoms with Crippen LogP contribution in [0, 0.1) is 17.8 Å². The second-order valence-corrected chi connectivity index (χ2v) is 12.7. The summed E-state index contributed by atoms with van der Waals surface area (Å²) in [5.41, 5.74) is 2.24. The van der Waals surface area contributed by atoms with E-state index >= 15 is 0 Å². The molecule has 206 valence electrons. The number of aliphatic hydroxyl groups excluding tert-OH is 2. The summed E-state index contributed by atoms with van der Waals surface area (Å²) in [6.07, 6.45) is 14.6. The monoisotopic (exact) mass is 551 g/mol. The van der Waals surface area contributed by atoms with Gasteiger partial charge in [-0.3, -0.25) is 0 Å². The largest absolute Gasteiger partial charge is 0.396 e. The van der Waals surface area contributed by atoms with E-state index in [9.17, 15) is 18.6 Å². The highest BCUT2D eigenvalue weighted by Gasteiger charge is 2.37. The van der Waals surface area contributed by atoms with E-state index in [1.54, 1.807) is 18.5 Å². The molecule has 39 heavy (non-hydrogen) atoms. The Hall–Kier alpha value is -3.53. The highest BCUT2D eigenvalue weighted by molar-refractivity contribution is 7.90. The number of anilines is 3. The van der Waals surface area contributed by atoms with Crippen molar-refractivity contribution in [2.75, 3.05) is 29.9 Å². The Morgan fingerprint density at radius 2 is 2.00 bits per heavy atom. The summed E-state index contributed by atoms with van der Waals surface area (Å²) in [6, 6.07) is 3.63. The average Bonchev–Trinajstić information content (AvgIpc) is 3.67. The molecule has 1 saturated carbocycles. The molecule has 0 radical (unpaired) electrons. The van der Waals surface area contributed by atoms with Gasteiger partial charge in [-0.05, 0) is 42.7 Å². The summed E-state index contributed by atoms with van der Waals surface area (Å²) in [4.78, 5) is 15.6. The molecule has 3 aromatic rings. The smallest absolute Gasteiger partial charge is 0.256 e. The first-order valence-electron chi connectivity index (χ1n) is 13.1. The van der Waals surface area contributed by atoms with Crippen LogP contribution in [0.25, 0.3) is 11.4 Å². The van der Waals surface area contributed by atoms with Gasteiger partial charge in [-0.15, -0.1) is 12.3 Å². The average molecular weight is 552 g/mol. The normalized spacial score (nSPS) is 17.9. The Morgan fingerprint density at radius 1 is 1.23 bits per heavy atom. The van der Waals surface area contributed by atoms with E-state index in [1.165, 1.54) is 12.4 Å². The molecular formula is C27H33N7O4S. The number of aliphatic hydroxyl groups is 2. The van der Waals surface area contributed by atoms with Crippen molar-refractivity contribution >= 4 is 27.3 Å². The van der Waals surface area contributed by atoms with Gasteiger partial charge < -0.3 is 20.4 Å². The van der Waals surface area contributed by atoms with Gasteiger partial charge in [-0.1, -0.05) is 6.92 Å². The van der Waals surface area contributed by atoms with Crippen molar-refractivity contribution in [1.82, 2.24) is 24.1 Å². The summed E-state index contributed by atoms with van der Waals surface area (Å²) in [7, 11) is -3.48. The van der Waals surface area contributed by atoms with Crippen LogP contribution in [0.1, 0.15) is 44.6 Å². The van der Waals surface area contributed by atoms with Gasteiger partial charge in [0.15, 0.2) is 5.82 Å². The minimum Gasteiger partial charge on any atom is -0.396 e. The van der Waals surface area contributed by atoms with Gasteiger partial charge in [-0.25, -0.2) is 23.4 Å². The number of aromatic nitrogens is 5. The van der Waals surface area contributed by atoms with E-state index in [1.807, 2.05) is 6.07 Å². The lowest BCUT2D eigenvalue weighted by atomic mass is 9.81. The van der Waals surface area contributed by atoms with E-state index in [0.717, 1.165) is 41.3 Å². The molecule has 11 nitrogen and oxygen atoms in total. The molecule has 1 saturated heterocycles. The molecule has 1 aliphatic heterocycles. The fourth-order valence-corrected chi connectivity index (χ4v) is 6.15. The maximum absolute atomic E-state index is 12.5. The van der Waals surface area contributed by atoms with Crippen LogP contribution < -0.4 is 10.2 Å². The first-order chi connectivity index (χ1) is 18.7. The lowest BCUT2D eigenvalue weighted by molar-refractivity contribution is 0.115. The van der Waals surface area contributed by atoms with Gasteiger partial charge >= 0.3 is 0 Å². The van der Waals surface area contributed by atoms with Crippen LogP contribution in [0.2, 0.25) is 0 Å². The minimum atomic E-state index is -3.48. The highest BCUT2D eigenvalue weighted by atomic mass is 32.2. The van der Waals surface area contributed by atoms with Crippen LogP contribution >= 0.6 is 0 Å². The van der Waals surface area contributed by atoms with E-state index in [2.05, 4.69) is 43.1 Å². The lowest BCUT2D eigenvalue weighted by Crippen LogP contribution is -2.41. The lowest BCUT2D eigenvalue weighted by Gasteiger charge is -2.40. The van der Waals surface area contributed by atoms with Crippen LogP contribution in [0.4, 0.5) is 17.3 Å². The number of nitrogens with one attached hydrogen (secondary N) is 1. The van der Waals surface area contributed by atoms with Crippen LogP contribution in [-0.2, 0) is 16.4 Å². The molecule has 1 aliphatic carbocycles. The zero-order valence-corrected chi connectivity index (χ0v) is 22.7. The first-order valence-corrected chi connectivity index (χ1v) is 14.6. The standard InChI is InChI=1S/C27H33N7O4S/c1-3-4-21(36)13-19-15-29-25(14-23(19)33-11-8-27(2,18-35)9-12-33)31-24-7-10-28-26(32-24)20-16-30-34(17-20)39(37,38)22-5-6-22/h1,7,10,14-17,21-22,35-36H,4-6,8-9,11-13,18H2,2H3,(H,28,29,31,32). The first kappa shape index (κ1) is 27.1. The van der Waals surface area contributed by atoms with Crippen LogP contribution in [-0.4, -0.2) is 73.8 Å². The number of terminal acetylenes is 1. The molecule has 0 spiro atoms. The summed E-state index contributed by atoms with van der Waals surface area (Å²) in [5, 5.41) is 27.0. The molecule has 4 heterocycles. The predicted octanol–water partition coefficient (Wildman–Crippen LogP) is 2.34. The summed E-state index contributed by atoms with van der Waals surface area (Å²) < 4.78 is 26.0. The Balaban J connectivity index is 1.38. The van der Waals surface area contributed by atoms with Crippen molar-refractivity contribution in [3.63, 3.8) is 0 Å². The summed E-state index contributed by atoms with van der Waals surface area (Å²) in [6.45, 7) is 3.78. The maximum Gasteiger partial charge on any atom is 0.256 e. The van der Waals surface area contributed by atoms with Crippen LogP contribution in [0.5, 0.6) is 0 Å². The maximum atomic E-state index is 12.5. The summed E-state index contributed by atoms with van der Waals surface area (Å²) in [5.74, 6) is 3.90. The third-order valence-corrected chi connectivity index (χ3v) is 9.44. The third kappa shape index (κ3) is 6.06. The zero-order chi connectivity index (χ0) is 27.6. The molecule has 2 aliphatic rings. The number of nitrogens with zero attached hydrogens (tertiary/aromatic N) is 6. The van der Waals surface area contributed by atoms with E-state index in [-0.39, 0.29) is 23.7 Å².